The molecule has 0 radical (unpaired) electrons. The SMILES string of the molecule is CC(C)(C)c1nc(Cn2c(=O)ccn(C3CC3)c2=O)co1. The van der Waals surface area contributed by atoms with Crippen molar-refractivity contribution in [1.82, 2.24) is 14.1 Å². The minimum absolute atomic E-state index is 0.144. The van der Waals surface area contributed by atoms with Crippen LogP contribution in [0.25, 0.3) is 0 Å². The Bertz CT molecular complexity index is 772. The second kappa shape index (κ2) is 4.72. The van der Waals surface area contributed by atoms with Crippen molar-refractivity contribution in [1.29, 1.82) is 0 Å². The molecule has 21 heavy (non-hydrogen) atoms. The molecule has 112 valence electrons. The zero-order chi connectivity index (χ0) is 15.2. The van der Waals surface area contributed by atoms with Crippen molar-refractivity contribution in [3.05, 3.63) is 50.9 Å². The molecule has 1 saturated carbocycles. The van der Waals surface area contributed by atoms with Crippen molar-refractivity contribution in [3.8, 4) is 0 Å². The van der Waals surface area contributed by atoms with Gasteiger partial charge in [0.15, 0.2) is 5.89 Å². The molecule has 1 aliphatic rings. The van der Waals surface area contributed by atoms with Gasteiger partial charge >= 0.3 is 5.69 Å². The minimum atomic E-state index is -0.308. The van der Waals surface area contributed by atoms with Crippen LogP contribution >= 0.6 is 0 Å². The Morgan fingerprint density at radius 3 is 2.62 bits per heavy atom. The Balaban J connectivity index is 1.95. The van der Waals surface area contributed by atoms with E-state index >= 15 is 0 Å². The van der Waals surface area contributed by atoms with E-state index in [1.807, 2.05) is 20.8 Å². The van der Waals surface area contributed by atoms with Gasteiger partial charge in [0, 0.05) is 23.7 Å². The summed E-state index contributed by atoms with van der Waals surface area (Å²) < 4.78 is 8.28. The van der Waals surface area contributed by atoms with E-state index in [-0.39, 0.29) is 29.3 Å². The molecule has 0 spiro atoms. The van der Waals surface area contributed by atoms with Crippen LogP contribution in [-0.2, 0) is 12.0 Å². The summed E-state index contributed by atoms with van der Waals surface area (Å²) >= 11 is 0. The fourth-order valence-electron chi connectivity index (χ4n) is 2.19. The van der Waals surface area contributed by atoms with Crippen LogP contribution < -0.4 is 11.2 Å². The first kappa shape index (κ1) is 13.9. The van der Waals surface area contributed by atoms with Gasteiger partial charge < -0.3 is 4.42 Å². The van der Waals surface area contributed by atoms with Crippen molar-refractivity contribution in [2.45, 2.75) is 51.6 Å². The summed E-state index contributed by atoms with van der Waals surface area (Å²) in [6, 6.07) is 1.68. The summed E-state index contributed by atoms with van der Waals surface area (Å²) in [5.74, 6) is 0.601. The molecular weight excluding hydrogens is 270 g/mol. The van der Waals surface area contributed by atoms with Crippen LogP contribution in [0.4, 0.5) is 0 Å². The Kier molecular flexibility index (Phi) is 3.11. The van der Waals surface area contributed by atoms with Crippen LogP contribution in [0.15, 0.2) is 32.5 Å². The molecule has 6 heteroatoms. The molecule has 0 amide bonds. The Morgan fingerprint density at radius 2 is 2.05 bits per heavy atom. The van der Waals surface area contributed by atoms with Crippen LogP contribution in [0, 0.1) is 0 Å². The van der Waals surface area contributed by atoms with E-state index in [0.29, 0.717) is 11.6 Å². The van der Waals surface area contributed by atoms with Crippen molar-refractivity contribution >= 4 is 0 Å². The lowest BCUT2D eigenvalue weighted by Crippen LogP contribution is -2.39. The predicted octanol–water partition coefficient (Wildman–Crippen LogP) is 1.68. The average molecular weight is 289 g/mol. The Hall–Kier alpha value is -2.11. The topological polar surface area (TPSA) is 70.0 Å². The van der Waals surface area contributed by atoms with Crippen LogP contribution in [0.2, 0.25) is 0 Å². The summed E-state index contributed by atoms with van der Waals surface area (Å²) in [6.45, 7) is 6.14. The minimum Gasteiger partial charge on any atom is -0.448 e. The Labute approximate surface area is 122 Å². The molecule has 0 aliphatic heterocycles. The number of rotatable bonds is 3. The van der Waals surface area contributed by atoms with E-state index in [1.54, 1.807) is 10.8 Å². The predicted molar refractivity (Wildman–Crippen MR) is 77.5 cm³/mol. The smallest absolute Gasteiger partial charge is 0.331 e. The van der Waals surface area contributed by atoms with Gasteiger partial charge in [0.25, 0.3) is 5.56 Å². The van der Waals surface area contributed by atoms with Gasteiger partial charge in [-0.25, -0.2) is 9.78 Å². The van der Waals surface area contributed by atoms with E-state index in [0.717, 1.165) is 12.8 Å². The van der Waals surface area contributed by atoms with Crippen LogP contribution in [0.5, 0.6) is 0 Å². The monoisotopic (exact) mass is 289 g/mol. The van der Waals surface area contributed by atoms with Gasteiger partial charge in [-0.2, -0.15) is 0 Å². The van der Waals surface area contributed by atoms with Gasteiger partial charge in [0.1, 0.15) is 6.26 Å². The summed E-state index contributed by atoms with van der Waals surface area (Å²) in [5.41, 5.74) is -0.191. The van der Waals surface area contributed by atoms with Gasteiger partial charge in [-0.05, 0) is 12.8 Å². The van der Waals surface area contributed by atoms with Crippen molar-refractivity contribution in [2.24, 2.45) is 0 Å². The molecular formula is C15H19N3O3. The molecule has 0 N–H and O–H groups in total. The summed E-state index contributed by atoms with van der Waals surface area (Å²) in [7, 11) is 0. The maximum absolute atomic E-state index is 12.3. The van der Waals surface area contributed by atoms with E-state index in [1.165, 1.54) is 16.9 Å². The van der Waals surface area contributed by atoms with Crippen molar-refractivity contribution in [2.75, 3.05) is 0 Å². The highest BCUT2D eigenvalue weighted by atomic mass is 16.3. The molecule has 2 aromatic rings. The average Bonchev–Trinajstić information content (AvgIpc) is 3.11. The molecule has 0 unspecified atom stereocenters. The molecule has 2 aromatic heterocycles. The van der Waals surface area contributed by atoms with Gasteiger partial charge in [-0.15, -0.1) is 0 Å². The molecule has 1 fully saturated rings. The van der Waals surface area contributed by atoms with E-state index in [4.69, 9.17) is 4.42 Å². The molecule has 0 saturated heterocycles. The second-order valence-corrected chi connectivity index (χ2v) is 6.56. The van der Waals surface area contributed by atoms with Crippen molar-refractivity contribution < 1.29 is 4.42 Å². The van der Waals surface area contributed by atoms with Crippen LogP contribution in [-0.4, -0.2) is 14.1 Å². The van der Waals surface area contributed by atoms with Crippen molar-refractivity contribution in [3.63, 3.8) is 0 Å². The fourth-order valence-corrected chi connectivity index (χ4v) is 2.19. The fraction of sp³-hybridized carbons (Fsp3) is 0.533. The first-order valence-corrected chi connectivity index (χ1v) is 7.13. The third-order valence-corrected chi connectivity index (χ3v) is 3.55. The van der Waals surface area contributed by atoms with Crippen LogP contribution in [0.3, 0.4) is 0 Å². The van der Waals surface area contributed by atoms with E-state index in [2.05, 4.69) is 4.98 Å². The number of aromatic nitrogens is 3. The normalized spacial score (nSPS) is 15.4. The summed E-state index contributed by atoms with van der Waals surface area (Å²) in [6.07, 6.45) is 5.09. The van der Waals surface area contributed by atoms with E-state index < -0.39 is 0 Å². The molecule has 2 heterocycles. The third-order valence-electron chi connectivity index (χ3n) is 3.55. The highest BCUT2D eigenvalue weighted by Crippen LogP contribution is 2.32. The Morgan fingerprint density at radius 1 is 1.33 bits per heavy atom. The standard InChI is InChI=1S/C15H19N3O3/c1-15(2,3)13-16-10(9-21-13)8-18-12(19)6-7-17(14(18)20)11-4-5-11/h6-7,9,11H,4-5,8H2,1-3H3. The summed E-state index contributed by atoms with van der Waals surface area (Å²) in [5, 5.41) is 0. The highest BCUT2D eigenvalue weighted by molar-refractivity contribution is 5.05. The lowest BCUT2D eigenvalue weighted by Gasteiger charge is -2.12. The van der Waals surface area contributed by atoms with Gasteiger partial charge in [0.05, 0.1) is 12.2 Å². The largest absolute Gasteiger partial charge is 0.448 e. The lowest BCUT2D eigenvalue weighted by atomic mass is 9.97. The second-order valence-electron chi connectivity index (χ2n) is 6.56. The number of hydrogen-bond acceptors (Lipinski definition) is 4. The molecule has 0 aromatic carbocycles. The van der Waals surface area contributed by atoms with Crippen LogP contribution in [0.1, 0.15) is 51.2 Å². The third kappa shape index (κ3) is 2.70. The number of oxazole rings is 1. The lowest BCUT2D eigenvalue weighted by molar-refractivity contribution is 0.392. The molecule has 6 nitrogen and oxygen atoms in total. The summed E-state index contributed by atoms with van der Waals surface area (Å²) in [4.78, 5) is 28.7. The maximum Gasteiger partial charge on any atom is 0.331 e. The quantitative estimate of drug-likeness (QED) is 0.862. The molecule has 1 aliphatic carbocycles. The van der Waals surface area contributed by atoms with E-state index in [9.17, 15) is 9.59 Å². The number of hydrogen-bond donors (Lipinski definition) is 0. The first-order valence-electron chi connectivity index (χ1n) is 7.13. The van der Waals surface area contributed by atoms with Gasteiger partial charge in [0.2, 0.25) is 0 Å². The highest BCUT2D eigenvalue weighted by Gasteiger charge is 2.26. The number of nitrogens with zero attached hydrogens (tertiary/aromatic N) is 3. The zero-order valence-corrected chi connectivity index (χ0v) is 12.5. The zero-order valence-electron chi connectivity index (χ0n) is 12.5. The molecule has 0 bridgehead atoms. The maximum atomic E-state index is 12.3. The first-order chi connectivity index (χ1) is 9.86. The van der Waals surface area contributed by atoms with Gasteiger partial charge in [-0.1, -0.05) is 20.8 Å². The van der Waals surface area contributed by atoms with Gasteiger partial charge in [-0.3, -0.25) is 13.9 Å². The molecule has 0 atom stereocenters. The molecule has 3 rings (SSSR count).